The van der Waals surface area contributed by atoms with Crippen molar-refractivity contribution in [3.8, 4) is 0 Å². The van der Waals surface area contributed by atoms with Crippen molar-refractivity contribution in [3.63, 3.8) is 0 Å². The molecule has 3 aromatic rings. The molecular weight excluding hydrogens is 430 g/mol. The summed E-state index contributed by atoms with van der Waals surface area (Å²) in [6, 6.07) is 12.6. The minimum absolute atomic E-state index is 0.288. The van der Waals surface area contributed by atoms with Gasteiger partial charge in [-0.05, 0) is 36.8 Å². The van der Waals surface area contributed by atoms with Gasteiger partial charge >= 0.3 is 0 Å². The first-order valence-electron chi connectivity index (χ1n) is 6.61. The van der Waals surface area contributed by atoms with E-state index < -0.39 is 10.0 Å². The van der Waals surface area contributed by atoms with E-state index in [1.54, 1.807) is 30.5 Å². The van der Waals surface area contributed by atoms with Gasteiger partial charge in [-0.3, -0.25) is 0 Å². The van der Waals surface area contributed by atoms with E-state index in [2.05, 4.69) is 31.9 Å². The Morgan fingerprint density at radius 1 is 1.09 bits per heavy atom. The van der Waals surface area contributed by atoms with E-state index in [1.165, 1.54) is 3.97 Å². The second kappa shape index (κ2) is 5.83. The monoisotopic (exact) mass is 441 g/mol. The normalized spacial score (nSPS) is 12.0. The highest BCUT2D eigenvalue weighted by Crippen LogP contribution is 2.29. The van der Waals surface area contributed by atoms with Crippen molar-refractivity contribution in [1.82, 2.24) is 3.97 Å². The number of hydrogen-bond donors (Lipinski definition) is 0. The van der Waals surface area contributed by atoms with Crippen molar-refractivity contribution in [2.24, 2.45) is 0 Å². The summed E-state index contributed by atoms with van der Waals surface area (Å²) in [4.78, 5) is 0.288. The van der Waals surface area contributed by atoms with Crippen LogP contribution in [-0.2, 0) is 15.4 Å². The number of nitrogens with zero attached hydrogens (tertiary/aromatic N) is 1. The molecule has 0 saturated carbocycles. The highest BCUT2D eigenvalue weighted by molar-refractivity contribution is 9.10. The summed E-state index contributed by atoms with van der Waals surface area (Å²) in [5.41, 5.74) is 2.64. The van der Waals surface area contributed by atoms with Gasteiger partial charge < -0.3 is 0 Å². The van der Waals surface area contributed by atoms with Gasteiger partial charge in [-0.25, -0.2) is 12.4 Å². The molecule has 0 fully saturated rings. The first-order chi connectivity index (χ1) is 10.4. The summed E-state index contributed by atoms with van der Waals surface area (Å²) in [5.74, 6) is 0. The van der Waals surface area contributed by atoms with Gasteiger partial charge in [0, 0.05) is 21.4 Å². The Morgan fingerprint density at radius 3 is 2.41 bits per heavy atom. The van der Waals surface area contributed by atoms with Crippen LogP contribution in [0.5, 0.6) is 0 Å². The summed E-state index contributed by atoms with van der Waals surface area (Å²) in [5, 5.41) is 1.53. The number of fused-ring (bicyclic) bond motifs is 1. The number of aromatic nitrogens is 1. The molecule has 3 nitrogen and oxygen atoms in total. The average molecular weight is 443 g/mol. The van der Waals surface area contributed by atoms with Gasteiger partial charge in [-0.1, -0.05) is 55.6 Å². The predicted molar refractivity (Wildman–Crippen MR) is 96.0 cm³/mol. The van der Waals surface area contributed by atoms with Crippen molar-refractivity contribution < 1.29 is 8.42 Å². The van der Waals surface area contributed by atoms with Crippen molar-refractivity contribution in [1.29, 1.82) is 0 Å². The van der Waals surface area contributed by atoms with Crippen molar-refractivity contribution >= 4 is 52.8 Å². The van der Waals surface area contributed by atoms with Crippen LogP contribution in [0.1, 0.15) is 11.1 Å². The van der Waals surface area contributed by atoms with E-state index in [1.807, 2.05) is 25.1 Å². The van der Waals surface area contributed by atoms with Gasteiger partial charge in [-0.15, -0.1) is 0 Å². The smallest absolute Gasteiger partial charge is 0.241 e. The Hall–Kier alpha value is -1.11. The van der Waals surface area contributed by atoms with Crippen LogP contribution < -0.4 is 0 Å². The minimum atomic E-state index is -3.61. The SMILES string of the molecule is Cc1ccc(S(=O)(=O)n2cc(CBr)c3ccc(Br)cc32)cc1. The number of alkyl halides is 1. The topological polar surface area (TPSA) is 39.1 Å². The molecule has 0 atom stereocenters. The lowest BCUT2D eigenvalue weighted by Gasteiger charge is -2.08. The maximum Gasteiger partial charge on any atom is 0.268 e. The number of hydrogen-bond acceptors (Lipinski definition) is 2. The maximum absolute atomic E-state index is 12.9. The first-order valence-corrected chi connectivity index (χ1v) is 9.96. The predicted octanol–water partition coefficient (Wildman–Crippen LogP) is 4.84. The molecular formula is C16H13Br2NO2S. The number of aryl methyl sites for hydroxylation is 1. The van der Waals surface area contributed by atoms with Crippen LogP contribution in [0.2, 0.25) is 0 Å². The van der Waals surface area contributed by atoms with Crippen LogP contribution in [0.3, 0.4) is 0 Å². The van der Waals surface area contributed by atoms with Crippen LogP contribution in [0, 0.1) is 6.92 Å². The number of benzene rings is 2. The molecule has 6 heteroatoms. The van der Waals surface area contributed by atoms with E-state index in [0.717, 1.165) is 21.0 Å². The summed E-state index contributed by atoms with van der Waals surface area (Å²) in [6.07, 6.45) is 1.68. The Bertz CT molecular complexity index is 944. The highest BCUT2D eigenvalue weighted by atomic mass is 79.9. The molecule has 3 rings (SSSR count). The zero-order valence-electron chi connectivity index (χ0n) is 11.8. The Morgan fingerprint density at radius 2 is 1.77 bits per heavy atom. The van der Waals surface area contributed by atoms with Gasteiger partial charge in [0.1, 0.15) is 0 Å². The van der Waals surface area contributed by atoms with Crippen molar-refractivity contribution in [2.45, 2.75) is 17.1 Å². The molecule has 0 unspecified atom stereocenters. The van der Waals surface area contributed by atoms with E-state index in [-0.39, 0.29) is 4.90 Å². The number of rotatable bonds is 3. The molecule has 0 bridgehead atoms. The lowest BCUT2D eigenvalue weighted by Crippen LogP contribution is -2.11. The zero-order chi connectivity index (χ0) is 15.9. The zero-order valence-corrected chi connectivity index (χ0v) is 15.7. The molecule has 2 aromatic carbocycles. The molecule has 0 amide bonds. The second-order valence-electron chi connectivity index (χ2n) is 5.06. The Labute approximate surface area is 146 Å². The van der Waals surface area contributed by atoms with Crippen molar-refractivity contribution in [3.05, 3.63) is 64.3 Å². The van der Waals surface area contributed by atoms with Gasteiger partial charge in [0.2, 0.25) is 0 Å². The van der Waals surface area contributed by atoms with Crippen LogP contribution in [-0.4, -0.2) is 12.4 Å². The van der Waals surface area contributed by atoms with Crippen LogP contribution in [0.15, 0.2) is 58.0 Å². The highest BCUT2D eigenvalue weighted by Gasteiger charge is 2.21. The lowest BCUT2D eigenvalue weighted by atomic mass is 10.2. The summed E-state index contributed by atoms with van der Waals surface area (Å²) < 4.78 is 28.1. The standard InChI is InChI=1S/C16H13Br2NO2S/c1-11-2-5-14(6-3-11)22(20,21)19-10-12(9-17)15-7-4-13(18)8-16(15)19/h2-8,10H,9H2,1H3. The van der Waals surface area contributed by atoms with E-state index in [9.17, 15) is 8.42 Å². The molecule has 0 aliphatic rings. The first kappa shape index (κ1) is 15.8. The Balaban J connectivity index is 2.29. The second-order valence-corrected chi connectivity index (χ2v) is 8.35. The van der Waals surface area contributed by atoms with Crippen LogP contribution >= 0.6 is 31.9 Å². The van der Waals surface area contributed by atoms with Gasteiger partial charge in [0.05, 0.1) is 10.4 Å². The van der Waals surface area contributed by atoms with E-state index in [4.69, 9.17) is 0 Å². The van der Waals surface area contributed by atoms with Crippen molar-refractivity contribution in [2.75, 3.05) is 0 Å². The third-order valence-corrected chi connectivity index (χ3v) is 6.32. The maximum atomic E-state index is 12.9. The molecule has 1 heterocycles. The van der Waals surface area contributed by atoms with Gasteiger partial charge in [-0.2, -0.15) is 0 Å². The largest absolute Gasteiger partial charge is 0.268 e. The molecule has 0 N–H and O–H groups in total. The van der Waals surface area contributed by atoms with Gasteiger partial charge in [0.25, 0.3) is 10.0 Å². The van der Waals surface area contributed by atoms with Gasteiger partial charge in [0.15, 0.2) is 0 Å². The van der Waals surface area contributed by atoms with Crippen LogP contribution in [0.25, 0.3) is 10.9 Å². The quantitative estimate of drug-likeness (QED) is 0.544. The molecule has 1 aromatic heterocycles. The fraction of sp³-hybridized carbons (Fsp3) is 0.125. The third-order valence-electron chi connectivity index (χ3n) is 3.54. The molecule has 0 aliphatic heterocycles. The molecule has 0 spiro atoms. The third kappa shape index (κ3) is 2.64. The fourth-order valence-electron chi connectivity index (χ4n) is 2.37. The Kier molecular flexibility index (Phi) is 4.18. The van der Waals surface area contributed by atoms with E-state index >= 15 is 0 Å². The summed E-state index contributed by atoms with van der Waals surface area (Å²) in [6.45, 7) is 1.93. The summed E-state index contributed by atoms with van der Waals surface area (Å²) in [7, 11) is -3.61. The summed E-state index contributed by atoms with van der Waals surface area (Å²) >= 11 is 6.83. The van der Waals surface area contributed by atoms with Crippen LogP contribution in [0.4, 0.5) is 0 Å². The average Bonchev–Trinajstić information content (AvgIpc) is 2.86. The fourth-order valence-corrected chi connectivity index (χ4v) is 4.55. The minimum Gasteiger partial charge on any atom is -0.241 e. The molecule has 0 aliphatic carbocycles. The lowest BCUT2D eigenvalue weighted by molar-refractivity contribution is 0.589. The van der Waals surface area contributed by atoms with E-state index in [0.29, 0.717) is 10.8 Å². The molecule has 0 saturated heterocycles. The molecule has 0 radical (unpaired) electrons. The number of halogens is 2. The molecule has 22 heavy (non-hydrogen) atoms. The molecule has 114 valence electrons.